The first kappa shape index (κ1) is 16.3. The Kier molecular flexibility index (Phi) is 4.12. The van der Waals surface area contributed by atoms with Crippen LogP contribution in [0.2, 0.25) is 0 Å². The molecular weight excluding hydrogens is 312 g/mol. The zero-order valence-electron chi connectivity index (χ0n) is 15.2. The molecule has 2 atom stereocenters. The van der Waals surface area contributed by atoms with E-state index in [0.717, 1.165) is 38.2 Å². The van der Waals surface area contributed by atoms with E-state index >= 15 is 0 Å². The Morgan fingerprint density at radius 1 is 1.32 bits per heavy atom. The van der Waals surface area contributed by atoms with E-state index in [4.69, 9.17) is 0 Å². The summed E-state index contributed by atoms with van der Waals surface area (Å²) in [6.07, 6.45) is 4.18. The highest BCUT2D eigenvalue weighted by Crippen LogP contribution is 2.30. The van der Waals surface area contributed by atoms with Gasteiger partial charge in [0.15, 0.2) is 0 Å². The number of aryl methyl sites for hydroxylation is 2. The number of fused-ring (bicyclic) bond motifs is 1. The molecule has 1 N–H and O–H groups in total. The molecule has 132 valence electrons. The molecule has 0 saturated carbocycles. The van der Waals surface area contributed by atoms with Gasteiger partial charge in [-0.1, -0.05) is 17.7 Å². The van der Waals surface area contributed by atoms with Gasteiger partial charge in [-0.25, -0.2) is 0 Å². The van der Waals surface area contributed by atoms with Crippen molar-refractivity contribution in [3.63, 3.8) is 0 Å². The van der Waals surface area contributed by atoms with Gasteiger partial charge in [-0.15, -0.1) is 0 Å². The molecule has 5 heteroatoms. The quantitative estimate of drug-likeness (QED) is 0.936. The molecule has 2 aliphatic rings. The van der Waals surface area contributed by atoms with Gasteiger partial charge in [0, 0.05) is 36.8 Å². The molecule has 2 aliphatic heterocycles. The Bertz CT molecular complexity index is 797. The third-order valence-corrected chi connectivity index (χ3v) is 5.76. The number of aromatic nitrogens is 2. The van der Waals surface area contributed by atoms with E-state index in [-0.39, 0.29) is 11.9 Å². The van der Waals surface area contributed by atoms with Crippen LogP contribution in [0, 0.1) is 13.8 Å². The molecule has 25 heavy (non-hydrogen) atoms. The van der Waals surface area contributed by atoms with Crippen LogP contribution in [0.4, 0.5) is 0 Å². The van der Waals surface area contributed by atoms with Gasteiger partial charge in [0.05, 0.1) is 17.9 Å². The van der Waals surface area contributed by atoms with Crippen LogP contribution in [0.5, 0.6) is 0 Å². The van der Waals surface area contributed by atoms with Crippen LogP contribution >= 0.6 is 0 Å². The molecule has 2 saturated heterocycles. The summed E-state index contributed by atoms with van der Waals surface area (Å²) < 4.78 is 0. The van der Waals surface area contributed by atoms with Crippen LogP contribution in [-0.2, 0) is 11.3 Å². The van der Waals surface area contributed by atoms with Gasteiger partial charge in [-0.2, -0.15) is 5.10 Å². The van der Waals surface area contributed by atoms with E-state index < -0.39 is 0 Å². The lowest BCUT2D eigenvalue weighted by Gasteiger charge is -2.41. The Morgan fingerprint density at radius 3 is 3.00 bits per heavy atom. The predicted molar refractivity (Wildman–Crippen MR) is 98.1 cm³/mol. The summed E-state index contributed by atoms with van der Waals surface area (Å²) in [7, 11) is 0. The standard InChI is InChI=1S/C20H26N4O/c1-13-6-7-14(2)18(9-13)19-16(10-21-22-19)11-23-12-17-5-4-8-24(17)20(25)15(23)3/h6-7,9-10,15,17H,4-5,8,11-12H2,1-3H3,(H,21,22)/t15-,17+/m0/s1. The molecule has 1 amide bonds. The Labute approximate surface area is 149 Å². The molecule has 3 heterocycles. The minimum atomic E-state index is -0.0595. The van der Waals surface area contributed by atoms with E-state index in [1.54, 1.807) is 0 Å². The number of rotatable bonds is 3. The Morgan fingerprint density at radius 2 is 2.16 bits per heavy atom. The lowest BCUT2D eigenvalue weighted by Crippen LogP contribution is -2.58. The van der Waals surface area contributed by atoms with Gasteiger partial charge >= 0.3 is 0 Å². The number of piperazine rings is 1. The van der Waals surface area contributed by atoms with Crippen molar-refractivity contribution >= 4 is 5.91 Å². The van der Waals surface area contributed by atoms with Crippen LogP contribution in [0.3, 0.4) is 0 Å². The smallest absolute Gasteiger partial charge is 0.239 e. The molecule has 2 aromatic rings. The van der Waals surface area contributed by atoms with Crippen LogP contribution in [0.25, 0.3) is 11.3 Å². The SMILES string of the molecule is Cc1ccc(C)c(-c2[nH]ncc2CN2C[C@H]3CCCN3C(=O)[C@@H]2C)c1. The minimum Gasteiger partial charge on any atom is -0.337 e. The third kappa shape index (κ3) is 2.86. The highest BCUT2D eigenvalue weighted by molar-refractivity contribution is 5.83. The second-order valence-electron chi connectivity index (χ2n) is 7.52. The molecule has 1 aromatic carbocycles. The van der Waals surface area contributed by atoms with Crippen molar-refractivity contribution in [3.05, 3.63) is 41.1 Å². The number of nitrogens with one attached hydrogen (secondary N) is 1. The Hall–Kier alpha value is -2.14. The molecule has 0 unspecified atom stereocenters. The predicted octanol–water partition coefficient (Wildman–Crippen LogP) is 2.89. The minimum absolute atomic E-state index is 0.0595. The highest BCUT2D eigenvalue weighted by atomic mass is 16.2. The van der Waals surface area contributed by atoms with Gasteiger partial charge in [-0.05, 0) is 45.2 Å². The first-order valence-corrected chi connectivity index (χ1v) is 9.19. The van der Waals surface area contributed by atoms with Gasteiger partial charge in [0.2, 0.25) is 5.91 Å². The monoisotopic (exact) mass is 338 g/mol. The number of carbonyl (C=O) groups excluding carboxylic acids is 1. The molecule has 4 rings (SSSR count). The average Bonchev–Trinajstić information content (AvgIpc) is 3.24. The summed E-state index contributed by atoms with van der Waals surface area (Å²) in [5.74, 6) is 0.283. The number of carbonyl (C=O) groups is 1. The molecule has 0 bridgehead atoms. The fraction of sp³-hybridized carbons (Fsp3) is 0.500. The van der Waals surface area contributed by atoms with E-state index in [1.807, 2.05) is 13.1 Å². The lowest BCUT2D eigenvalue weighted by atomic mass is 9.99. The number of benzene rings is 1. The van der Waals surface area contributed by atoms with Crippen molar-refractivity contribution in [1.82, 2.24) is 20.0 Å². The third-order valence-electron chi connectivity index (χ3n) is 5.76. The van der Waals surface area contributed by atoms with Crippen LogP contribution < -0.4 is 0 Å². The van der Waals surface area contributed by atoms with Gasteiger partial charge in [-0.3, -0.25) is 14.8 Å². The average molecular weight is 338 g/mol. The number of hydrogen-bond donors (Lipinski definition) is 1. The topological polar surface area (TPSA) is 52.2 Å². The summed E-state index contributed by atoms with van der Waals surface area (Å²) in [5.41, 5.74) is 5.92. The zero-order valence-corrected chi connectivity index (χ0v) is 15.2. The van der Waals surface area contributed by atoms with E-state index in [2.05, 4.69) is 52.0 Å². The number of H-pyrrole nitrogens is 1. The fourth-order valence-corrected chi connectivity index (χ4v) is 4.23. The first-order chi connectivity index (χ1) is 12.0. The van der Waals surface area contributed by atoms with Crippen molar-refractivity contribution in [2.45, 2.75) is 52.2 Å². The van der Waals surface area contributed by atoms with E-state index in [9.17, 15) is 4.79 Å². The van der Waals surface area contributed by atoms with Crippen molar-refractivity contribution in [3.8, 4) is 11.3 Å². The molecule has 0 aliphatic carbocycles. The Balaban J connectivity index is 1.61. The fourth-order valence-electron chi connectivity index (χ4n) is 4.23. The summed E-state index contributed by atoms with van der Waals surface area (Å²) >= 11 is 0. The van der Waals surface area contributed by atoms with E-state index in [1.165, 1.54) is 22.3 Å². The van der Waals surface area contributed by atoms with Crippen molar-refractivity contribution in [2.24, 2.45) is 0 Å². The summed E-state index contributed by atoms with van der Waals surface area (Å²) in [4.78, 5) is 17.1. The second-order valence-corrected chi connectivity index (χ2v) is 7.52. The van der Waals surface area contributed by atoms with Gasteiger partial charge in [0.25, 0.3) is 0 Å². The molecule has 2 fully saturated rings. The normalized spacial score (nSPS) is 24.0. The van der Waals surface area contributed by atoms with Crippen molar-refractivity contribution in [1.29, 1.82) is 0 Å². The van der Waals surface area contributed by atoms with E-state index in [0.29, 0.717) is 6.04 Å². The first-order valence-electron chi connectivity index (χ1n) is 9.19. The van der Waals surface area contributed by atoms with Crippen LogP contribution in [-0.4, -0.2) is 51.1 Å². The van der Waals surface area contributed by atoms with Gasteiger partial charge < -0.3 is 4.90 Å². The summed E-state index contributed by atoms with van der Waals surface area (Å²) in [6, 6.07) is 6.82. The second kappa shape index (κ2) is 6.30. The summed E-state index contributed by atoms with van der Waals surface area (Å²) in [5, 5.41) is 7.48. The van der Waals surface area contributed by atoms with Crippen LogP contribution in [0.1, 0.15) is 36.5 Å². The molecule has 1 aromatic heterocycles. The molecule has 0 spiro atoms. The number of hydrogen-bond acceptors (Lipinski definition) is 3. The molecule has 0 radical (unpaired) electrons. The maximum absolute atomic E-state index is 12.7. The summed E-state index contributed by atoms with van der Waals surface area (Å²) in [6.45, 7) is 8.93. The largest absolute Gasteiger partial charge is 0.337 e. The van der Waals surface area contributed by atoms with Crippen molar-refractivity contribution in [2.75, 3.05) is 13.1 Å². The van der Waals surface area contributed by atoms with Crippen LogP contribution in [0.15, 0.2) is 24.4 Å². The molecular formula is C20H26N4O. The van der Waals surface area contributed by atoms with Crippen molar-refractivity contribution < 1.29 is 4.79 Å². The number of nitrogens with zero attached hydrogens (tertiary/aromatic N) is 3. The number of amides is 1. The zero-order chi connectivity index (χ0) is 17.6. The molecule has 5 nitrogen and oxygen atoms in total. The highest BCUT2D eigenvalue weighted by Gasteiger charge is 2.40. The van der Waals surface area contributed by atoms with Gasteiger partial charge in [0.1, 0.15) is 0 Å². The maximum atomic E-state index is 12.7. The maximum Gasteiger partial charge on any atom is 0.239 e. The lowest BCUT2D eigenvalue weighted by molar-refractivity contribution is -0.143. The number of aromatic amines is 1.